The summed E-state index contributed by atoms with van der Waals surface area (Å²) in [7, 11) is 0. The number of hydrogen-bond acceptors (Lipinski definition) is 2. The van der Waals surface area contributed by atoms with Gasteiger partial charge in [0.05, 0.1) is 6.42 Å². The van der Waals surface area contributed by atoms with E-state index in [0.29, 0.717) is 12.8 Å². The van der Waals surface area contributed by atoms with E-state index in [1.165, 1.54) is 5.56 Å². The Hall–Kier alpha value is -2.62. The van der Waals surface area contributed by atoms with E-state index in [4.69, 9.17) is 0 Å². The Labute approximate surface area is 142 Å². The van der Waals surface area contributed by atoms with Crippen molar-refractivity contribution < 1.29 is 9.59 Å². The molecule has 0 saturated carbocycles. The minimum Gasteiger partial charge on any atom is -0.326 e. The quantitative estimate of drug-likeness (QED) is 0.935. The van der Waals surface area contributed by atoms with E-state index >= 15 is 0 Å². The van der Waals surface area contributed by atoms with Gasteiger partial charge in [0.1, 0.15) is 0 Å². The fourth-order valence-corrected chi connectivity index (χ4v) is 2.92. The molecule has 0 spiro atoms. The van der Waals surface area contributed by atoms with Gasteiger partial charge in [0, 0.05) is 24.3 Å². The average molecular weight is 322 g/mol. The summed E-state index contributed by atoms with van der Waals surface area (Å²) in [6.45, 7) is 4.86. The summed E-state index contributed by atoms with van der Waals surface area (Å²) in [5, 5.41) is 2.93. The van der Waals surface area contributed by atoms with Crippen LogP contribution in [0.15, 0.2) is 42.5 Å². The molecule has 1 heterocycles. The normalized spacial score (nSPS) is 14.1. The number of nitrogens with zero attached hydrogens (tertiary/aromatic N) is 1. The Kier molecular flexibility index (Phi) is 4.65. The van der Waals surface area contributed by atoms with E-state index in [2.05, 4.69) is 5.32 Å². The maximum absolute atomic E-state index is 12.2. The first kappa shape index (κ1) is 16.2. The number of hydrogen-bond donors (Lipinski definition) is 1. The van der Waals surface area contributed by atoms with Crippen molar-refractivity contribution >= 4 is 23.2 Å². The van der Waals surface area contributed by atoms with Crippen LogP contribution in [0.3, 0.4) is 0 Å². The maximum atomic E-state index is 12.2. The number of nitrogens with one attached hydrogen (secondary N) is 1. The van der Waals surface area contributed by atoms with Crippen molar-refractivity contribution in [1.82, 2.24) is 0 Å². The molecule has 0 aliphatic carbocycles. The third-order valence-corrected chi connectivity index (χ3v) is 4.48. The van der Waals surface area contributed by atoms with Gasteiger partial charge in [0.15, 0.2) is 0 Å². The molecule has 0 aromatic heterocycles. The first-order valence-corrected chi connectivity index (χ1v) is 8.29. The number of carbonyl (C=O) groups is 2. The molecule has 3 rings (SSSR count). The molecule has 0 radical (unpaired) electrons. The summed E-state index contributed by atoms with van der Waals surface area (Å²) in [5.74, 6) is 0.137. The SMILES string of the molecule is Cc1ccc(NC(=O)Cc2ccc(N3CCCC3=O)cc2)cc1C. The number of rotatable bonds is 4. The average Bonchev–Trinajstić information content (AvgIpc) is 2.98. The van der Waals surface area contributed by atoms with Gasteiger partial charge in [-0.2, -0.15) is 0 Å². The molecule has 1 aliphatic heterocycles. The molecule has 2 amide bonds. The predicted octanol–water partition coefficient (Wildman–Crippen LogP) is 3.61. The zero-order valence-corrected chi connectivity index (χ0v) is 14.1. The van der Waals surface area contributed by atoms with Gasteiger partial charge in [0.25, 0.3) is 0 Å². The highest BCUT2D eigenvalue weighted by atomic mass is 16.2. The summed E-state index contributed by atoms with van der Waals surface area (Å²) in [5.41, 5.74) is 5.04. The van der Waals surface area contributed by atoms with Crippen LogP contribution in [-0.2, 0) is 16.0 Å². The molecule has 1 saturated heterocycles. The molecule has 4 heteroatoms. The lowest BCUT2D eigenvalue weighted by molar-refractivity contribution is -0.117. The molecule has 2 aromatic carbocycles. The lowest BCUT2D eigenvalue weighted by atomic mass is 10.1. The lowest BCUT2D eigenvalue weighted by Crippen LogP contribution is -2.23. The van der Waals surface area contributed by atoms with Gasteiger partial charge < -0.3 is 10.2 Å². The van der Waals surface area contributed by atoms with E-state index in [-0.39, 0.29) is 11.8 Å². The molecule has 2 aromatic rings. The standard InChI is InChI=1S/C20H22N2O2/c1-14-5-8-17(12-15(14)2)21-19(23)13-16-6-9-18(10-7-16)22-11-3-4-20(22)24/h5-10,12H,3-4,11,13H2,1-2H3,(H,21,23). The summed E-state index contributed by atoms with van der Waals surface area (Å²) in [6, 6.07) is 13.6. The van der Waals surface area contributed by atoms with Crippen molar-refractivity contribution in [1.29, 1.82) is 0 Å². The first-order chi connectivity index (χ1) is 11.5. The third-order valence-electron chi connectivity index (χ3n) is 4.48. The third kappa shape index (κ3) is 3.65. The smallest absolute Gasteiger partial charge is 0.228 e. The molecule has 0 unspecified atom stereocenters. The van der Waals surface area contributed by atoms with E-state index in [0.717, 1.165) is 35.5 Å². The zero-order valence-electron chi connectivity index (χ0n) is 14.1. The molecule has 0 atom stereocenters. The fraction of sp³-hybridized carbons (Fsp3) is 0.300. The lowest BCUT2D eigenvalue weighted by Gasteiger charge is -2.16. The Morgan fingerprint density at radius 2 is 1.83 bits per heavy atom. The number of anilines is 2. The van der Waals surface area contributed by atoms with Gasteiger partial charge in [-0.3, -0.25) is 9.59 Å². The maximum Gasteiger partial charge on any atom is 0.228 e. The minimum atomic E-state index is -0.0387. The highest BCUT2D eigenvalue weighted by Crippen LogP contribution is 2.22. The molecular formula is C20H22N2O2. The minimum absolute atomic E-state index is 0.0387. The summed E-state index contributed by atoms with van der Waals surface area (Å²) >= 11 is 0. The van der Waals surface area contributed by atoms with Gasteiger partial charge in [-0.05, 0) is 61.2 Å². The number of benzene rings is 2. The highest BCUT2D eigenvalue weighted by molar-refractivity contribution is 5.95. The van der Waals surface area contributed by atoms with Crippen LogP contribution in [0.25, 0.3) is 0 Å². The van der Waals surface area contributed by atoms with Crippen LogP contribution in [0.1, 0.15) is 29.5 Å². The van der Waals surface area contributed by atoms with E-state index in [9.17, 15) is 9.59 Å². The topological polar surface area (TPSA) is 49.4 Å². The van der Waals surface area contributed by atoms with Crippen molar-refractivity contribution in [2.45, 2.75) is 33.1 Å². The van der Waals surface area contributed by atoms with Gasteiger partial charge in [-0.15, -0.1) is 0 Å². The second kappa shape index (κ2) is 6.87. The van der Waals surface area contributed by atoms with Crippen molar-refractivity contribution in [3.63, 3.8) is 0 Å². The Balaban J connectivity index is 1.62. The first-order valence-electron chi connectivity index (χ1n) is 8.29. The number of carbonyl (C=O) groups excluding carboxylic acids is 2. The van der Waals surface area contributed by atoms with Crippen LogP contribution in [0, 0.1) is 13.8 Å². The zero-order chi connectivity index (χ0) is 17.1. The van der Waals surface area contributed by atoms with Crippen molar-refractivity contribution in [2.75, 3.05) is 16.8 Å². The predicted molar refractivity (Wildman–Crippen MR) is 96.3 cm³/mol. The van der Waals surface area contributed by atoms with E-state index < -0.39 is 0 Å². The van der Waals surface area contributed by atoms with Crippen LogP contribution in [0.4, 0.5) is 11.4 Å². The summed E-state index contributed by atoms with van der Waals surface area (Å²) in [6.07, 6.45) is 1.86. The van der Waals surface area contributed by atoms with Crippen LogP contribution in [-0.4, -0.2) is 18.4 Å². The number of amides is 2. The van der Waals surface area contributed by atoms with Gasteiger partial charge in [-0.25, -0.2) is 0 Å². The molecular weight excluding hydrogens is 300 g/mol. The highest BCUT2D eigenvalue weighted by Gasteiger charge is 2.21. The van der Waals surface area contributed by atoms with Gasteiger partial charge in [0.2, 0.25) is 11.8 Å². The van der Waals surface area contributed by atoms with Gasteiger partial charge >= 0.3 is 0 Å². The van der Waals surface area contributed by atoms with Crippen LogP contribution >= 0.6 is 0 Å². The number of aryl methyl sites for hydroxylation is 2. The van der Waals surface area contributed by atoms with Crippen LogP contribution < -0.4 is 10.2 Å². The van der Waals surface area contributed by atoms with E-state index in [1.54, 1.807) is 4.90 Å². The van der Waals surface area contributed by atoms with E-state index in [1.807, 2.05) is 56.3 Å². The summed E-state index contributed by atoms with van der Waals surface area (Å²) < 4.78 is 0. The van der Waals surface area contributed by atoms with Crippen molar-refractivity contribution in [3.05, 3.63) is 59.2 Å². The Morgan fingerprint density at radius 1 is 1.08 bits per heavy atom. The molecule has 0 bridgehead atoms. The molecule has 1 N–H and O–H groups in total. The summed E-state index contributed by atoms with van der Waals surface area (Å²) in [4.78, 5) is 25.8. The Morgan fingerprint density at radius 3 is 2.46 bits per heavy atom. The monoisotopic (exact) mass is 322 g/mol. The fourth-order valence-electron chi connectivity index (χ4n) is 2.92. The molecule has 4 nitrogen and oxygen atoms in total. The molecule has 24 heavy (non-hydrogen) atoms. The molecule has 1 fully saturated rings. The van der Waals surface area contributed by atoms with Crippen molar-refractivity contribution in [2.24, 2.45) is 0 Å². The van der Waals surface area contributed by atoms with Gasteiger partial charge in [-0.1, -0.05) is 18.2 Å². The largest absolute Gasteiger partial charge is 0.326 e. The second-order valence-electron chi connectivity index (χ2n) is 6.34. The van der Waals surface area contributed by atoms with Crippen LogP contribution in [0.2, 0.25) is 0 Å². The Bertz CT molecular complexity index is 766. The second-order valence-corrected chi connectivity index (χ2v) is 6.34. The van der Waals surface area contributed by atoms with Crippen LogP contribution in [0.5, 0.6) is 0 Å². The molecule has 124 valence electrons. The molecule has 1 aliphatic rings. The van der Waals surface area contributed by atoms with Crippen molar-refractivity contribution in [3.8, 4) is 0 Å².